The second-order valence-corrected chi connectivity index (χ2v) is 16.5. The van der Waals surface area contributed by atoms with Crippen LogP contribution < -0.4 is 16.4 Å². The molecule has 19 heteroatoms. The van der Waals surface area contributed by atoms with Crippen molar-refractivity contribution in [1.29, 1.82) is 0 Å². The Bertz CT molecular complexity index is 1390. The van der Waals surface area contributed by atoms with Crippen LogP contribution in [-0.2, 0) is 57.3 Å². The predicted molar refractivity (Wildman–Crippen MR) is 230 cm³/mol. The van der Waals surface area contributed by atoms with Gasteiger partial charge >= 0.3 is 35.8 Å². The molecule has 0 aromatic heterocycles. The van der Waals surface area contributed by atoms with E-state index in [0.29, 0.717) is 38.6 Å². The van der Waals surface area contributed by atoms with Crippen LogP contribution in [0.2, 0.25) is 0 Å². The average Bonchev–Trinajstić information content (AvgIpc) is 3.18. The number of carbonyl (C=O) groups is 8. The van der Waals surface area contributed by atoms with E-state index in [4.69, 9.17) is 24.7 Å². The van der Waals surface area contributed by atoms with E-state index in [1.807, 2.05) is 0 Å². The normalized spacial score (nSPS) is 15.1. The summed E-state index contributed by atoms with van der Waals surface area (Å²) in [5.41, 5.74) is 5.44. The number of ether oxygens (including phenoxy) is 4. The van der Waals surface area contributed by atoms with Gasteiger partial charge in [-0.15, -0.1) is 0 Å². The molecule has 0 aromatic rings. The van der Waals surface area contributed by atoms with Gasteiger partial charge in [0.2, 0.25) is 11.8 Å². The van der Waals surface area contributed by atoms with Crippen LogP contribution in [0.3, 0.4) is 0 Å². The van der Waals surface area contributed by atoms with E-state index in [0.717, 1.165) is 98.3 Å². The first-order valence-corrected chi connectivity index (χ1v) is 22.5. The monoisotopic (exact) mass is 904 g/mol. The number of aliphatic carboxylic acids is 2. The van der Waals surface area contributed by atoms with Gasteiger partial charge in [0.1, 0.15) is 36.5 Å². The van der Waals surface area contributed by atoms with Crippen molar-refractivity contribution in [2.45, 2.75) is 219 Å². The molecule has 0 rings (SSSR count). The lowest BCUT2D eigenvalue weighted by atomic mass is 9.91. The van der Waals surface area contributed by atoms with Crippen LogP contribution in [0, 0.1) is 5.92 Å². The highest BCUT2D eigenvalue weighted by molar-refractivity contribution is 5.84. The lowest BCUT2D eigenvalue weighted by Crippen LogP contribution is -2.56. The fourth-order valence-corrected chi connectivity index (χ4v) is 7.15. The van der Waals surface area contributed by atoms with Crippen molar-refractivity contribution in [3.63, 3.8) is 0 Å². The molecular weight excluding hydrogens is 826 g/mol. The third kappa shape index (κ3) is 28.1. The minimum absolute atomic E-state index is 0.0167. The van der Waals surface area contributed by atoms with E-state index >= 15 is 0 Å². The Balaban J connectivity index is 5.14. The van der Waals surface area contributed by atoms with Crippen molar-refractivity contribution in [2.24, 2.45) is 11.7 Å². The number of rotatable bonds is 37. The number of aliphatic hydroxyl groups excluding tert-OH is 2. The van der Waals surface area contributed by atoms with Crippen LogP contribution >= 0.6 is 0 Å². The number of unbranched alkanes of at least 4 members (excludes halogenated alkanes) is 12. The summed E-state index contributed by atoms with van der Waals surface area (Å²) in [6, 6.07) is -2.04. The molecule has 8 N–H and O–H groups in total. The third-order valence-electron chi connectivity index (χ3n) is 10.4. The first-order valence-electron chi connectivity index (χ1n) is 22.5. The molecular formula is C44H77N3O16. The zero-order chi connectivity index (χ0) is 47.9. The second-order valence-electron chi connectivity index (χ2n) is 16.5. The first kappa shape index (κ1) is 58.6. The lowest BCUT2D eigenvalue weighted by molar-refractivity contribution is -0.205. The standard InChI is InChI=1S/C44H77N3O16/c1-28(2)38(44(58)59)47-37(53)26-20-24-35(61-30(4)49)41(62-31(5)50)40(55)42(63-32(6)51)39(54)34(60-29(3)48)23-18-16-14-12-10-8-7-9-11-13-15-17-19-25-36(52)46-33(43(56)57)22-21-27-45/h28,33-35,38-42,54-55H,7-27,45H2,1-6H3,(H,46,52)(H,47,53)(H,56,57)(H,58,59)/t33?,34?,35?,38-,39?,40?,41?,42?/m0/s1. The molecule has 0 spiro atoms. The molecule has 0 saturated heterocycles. The predicted octanol–water partition coefficient (Wildman–Crippen LogP) is 3.99. The lowest BCUT2D eigenvalue weighted by Gasteiger charge is -2.37. The number of carboxylic acid groups (broad SMARTS) is 2. The Kier molecular flexibility index (Phi) is 31.7. The summed E-state index contributed by atoms with van der Waals surface area (Å²) >= 11 is 0. The van der Waals surface area contributed by atoms with Crippen LogP contribution in [0.25, 0.3) is 0 Å². The molecule has 63 heavy (non-hydrogen) atoms. The van der Waals surface area contributed by atoms with Crippen LogP contribution in [0.1, 0.15) is 170 Å². The van der Waals surface area contributed by atoms with Gasteiger partial charge in [-0.1, -0.05) is 84.5 Å². The van der Waals surface area contributed by atoms with Crippen molar-refractivity contribution < 1.29 is 77.7 Å². The number of carbonyl (C=O) groups excluding carboxylic acids is 6. The van der Waals surface area contributed by atoms with Gasteiger partial charge in [-0.3, -0.25) is 28.8 Å². The smallest absolute Gasteiger partial charge is 0.326 e. The third-order valence-corrected chi connectivity index (χ3v) is 10.4. The molecule has 0 aliphatic carbocycles. The Morgan fingerprint density at radius 1 is 0.476 bits per heavy atom. The Morgan fingerprint density at radius 3 is 1.33 bits per heavy atom. The summed E-state index contributed by atoms with van der Waals surface area (Å²) in [7, 11) is 0. The highest BCUT2D eigenvalue weighted by Crippen LogP contribution is 2.25. The molecule has 0 aromatic carbocycles. The minimum atomic E-state index is -2.01. The summed E-state index contributed by atoms with van der Waals surface area (Å²) in [6.45, 7) is 7.88. The maximum Gasteiger partial charge on any atom is 0.326 e. The highest BCUT2D eigenvalue weighted by atomic mass is 16.6. The van der Waals surface area contributed by atoms with Gasteiger partial charge in [0.25, 0.3) is 0 Å². The van der Waals surface area contributed by atoms with Gasteiger partial charge in [-0.25, -0.2) is 9.59 Å². The number of nitrogens with two attached hydrogens (primary N) is 1. The fourth-order valence-electron chi connectivity index (χ4n) is 7.15. The van der Waals surface area contributed by atoms with Gasteiger partial charge in [-0.05, 0) is 57.4 Å². The minimum Gasteiger partial charge on any atom is -0.480 e. The number of amides is 2. The van der Waals surface area contributed by atoms with Crippen molar-refractivity contribution in [1.82, 2.24) is 10.6 Å². The van der Waals surface area contributed by atoms with E-state index in [9.17, 15) is 58.8 Å². The topological polar surface area (TPSA) is 304 Å². The number of carboxylic acids is 2. The maximum absolute atomic E-state index is 12.6. The van der Waals surface area contributed by atoms with Crippen molar-refractivity contribution in [3.05, 3.63) is 0 Å². The Morgan fingerprint density at radius 2 is 0.889 bits per heavy atom. The summed E-state index contributed by atoms with van der Waals surface area (Å²) < 4.78 is 21.5. The second kappa shape index (κ2) is 34.1. The van der Waals surface area contributed by atoms with Crippen LogP contribution in [-0.4, -0.2) is 123 Å². The molecule has 0 radical (unpaired) electrons. The zero-order valence-corrected chi connectivity index (χ0v) is 38.3. The molecule has 0 aliphatic heterocycles. The molecule has 364 valence electrons. The quantitative estimate of drug-likeness (QED) is 0.0263. The molecule has 2 amide bonds. The van der Waals surface area contributed by atoms with E-state index in [1.54, 1.807) is 13.8 Å². The highest BCUT2D eigenvalue weighted by Gasteiger charge is 2.45. The molecule has 0 saturated carbocycles. The number of hydrogen-bond donors (Lipinski definition) is 7. The van der Waals surface area contributed by atoms with E-state index in [1.165, 1.54) is 0 Å². The Hall–Kier alpha value is -4.36. The van der Waals surface area contributed by atoms with Gasteiger partial charge in [0.05, 0.1) is 0 Å². The molecule has 0 bridgehead atoms. The van der Waals surface area contributed by atoms with Crippen molar-refractivity contribution >= 4 is 47.6 Å². The summed E-state index contributed by atoms with van der Waals surface area (Å²) in [6.07, 6.45) is 3.04. The van der Waals surface area contributed by atoms with Crippen LogP contribution in [0.15, 0.2) is 0 Å². The average molecular weight is 904 g/mol. The van der Waals surface area contributed by atoms with Crippen molar-refractivity contribution in [2.75, 3.05) is 6.54 Å². The van der Waals surface area contributed by atoms with E-state index in [-0.39, 0.29) is 31.6 Å². The number of hydrogen-bond acceptors (Lipinski definition) is 15. The van der Waals surface area contributed by atoms with Gasteiger partial charge in [0.15, 0.2) is 12.2 Å². The summed E-state index contributed by atoms with van der Waals surface area (Å²) in [5, 5.41) is 46.7. The molecule has 19 nitrogen and oxygen atoms in total. The first-order chi connectivity index (χ1) is 29.7. The van der Waals surface area contributed by atoms with Gasteiger partial charge in [0, 0.05) is 40.5 Å². The van der Waals surface area contributed by atoms with Gasteiger partial charge < -0.3 is 55.7 Å². The number of aliphatic hydroxyl groups is 2. The largest absolute Gasteiger partial charge is 0.480 e. The maximum atomic E-state index is 12.6. The van der Waals surface area contributed by atoms with Crippen molar-refractivity contribution in [3.8, 4) is 0 Å². The zero-order valence-electron chi connectivity index (χ0n) is 38.3. The summed E-state index contributed by atoms with van der Waals surface area (Å²) in [4.78, 5) is 96.2. The molecule has 0 fully saturated rings. The SMILES string of the molecule is CC(=O)OC(CCCCCCCCCCCCCCCC(=O)NC(CCCN)C(=O)O)C(O)C(OC(C)=O)C(O)C(OC(C)=O)C(CCCC(=O)N[C@H](C(=O)O)C(C)C)OC(C)=O. The number of esters is 4. The van der Waals surface area contributed by atoms with Crippen LogP contribution in [0.5, 0.6) is 0 Å². The molecule has 7 unspecified atom stereocenters. The van der Waals surface area contributed by atoms with E-state index in [2.05, 4.69) is 10.6 Å². The summed E-state index contributed by atoms with van der Waals surface area (Å²) in [5.74, 6) is -6.94. The molecule has 0 aliphatic rings. The fraction of sp³-hybridized carbons (Fsp3) is 0.818. The van der Waals surface area contributed by atoms with Crippen LogP contribution in [0.4, 0.5) is 0 Å². The Labute approximate surface area is 372 Å². The van der Waals surface area contributed by atoms with E-state index < -0.39 is 96.3 Å². The molecule has 8 atom stereocenters. The molecule has 0 heterocycles. The number of nitrogens with one attached hydrogen (secondary N) is 2. The van der Waals surface area contributed by atoms with Gasteiger partial charge in [-0.2, -0.15) is 0 Å².